The summed E-state index contributed by atoms with van der Waals surface area (Å²) in [5.74, 6) is -3.20. The number of esters is 1. The number of pyridine rings is 1. The van der Waals surface area contributed by atoms with E-state index in [-0.39, 0.29) is 17.8 Å². The molecule has 1 heterocycles. The third-order valence-electron chi connectivity index (χ3n) is 7.11. The van der Waals surface area contributed by atoms with Gasteiger partial charge in [-0.25, -0.2) is 0 Å². The Kier molecular flexibility index (Phi) is 8.50. The molecule has 1 amide bonds. The number of carbonyl (C=O) groups is 3. The number of ether oxygens (including phenoxy) is 1. The lowest BCUT2D eigenvalue weighted by Gasteiger charge is -2.31. The van der Waals surface area contributed by atoms with Crippen LogP contribution in [-0.4, -0.2) is 34.0 Å². The number of carboxylic acids is 1. The monoisotopic (exact) mass is 503 g/mol. The van der Waals surface area contributed by atoms with Gasteiger partial charge >= 0.3 is 11.9 Å². The summed E-state index contributed by atoms with van der Waals surface area (Å²) in [6.45, 7) is 1.89. The molecule has 0 radical (unpaired) electrons. The topological polar surface area (TPSA) is 132 Å². The van der Waals surface area contributed by atoms with Crippen molar-refractivity contribution in [1.29, 1.82) is 0 Å². The van der Waals surface area contributed by atoms with Crippen LogP contribution in [0.3, 0.4) is 0 Å². The molecule has 37 heavy (non-hydrogen) atoms. The zero-order valence-electron chi connectivity index (χ0n) is 20.9. The highest BCUT2D eigenvalue weighted by atomic mass is 16.5. The van der Waals surface area contributed by atoms with E-state index in [0.29, 0.717) is 29.8 Å². The lowest BCUT2D eigenvalue weighted by molar-refractivity contribution is -0.145. The van der Waals surface area contributed by atoms with Crippen LogP contribution in [-0.2, 0) is 14.4 Å². The molecule has 2 aromatic carbocycles. The number of carboxylic acid groups (broad SMARTS) is 1. The molecule has 4 rings (SSSR count). The number of anilines is 1. The Balaban J connectivity index is 1.64. The van der Waals surface area contributed by atoms with Crippen molar-refractivity contribution in [1.82, 2.24) is 4.98 Å². The first-order valence-electron chi connectivity index (χ1n) is 12.8. The van der Waals surface area contributed by atoms with Crippen LogP contribution in [0.4, 0.5) is 5.69 Å². The highest BCUT2D eigenvalue weighted by molar-refractivity contribution is 5.98. The van der Waals surface area contributed by atoms with E-state index in [2.05, 4.69) is 10.3 Å². The number of benzene rings is 2. The van der Waals surface area contributed by atoms with Gasteiger partial charge in [-0.05, 0) is 66.5 Å². The number of hydrogen-bond donors (Lipinski definition) is 3. The third-order valence-corrected chi connectivity index (χ3v) is 7.11. The Morgan fingerprint density at radius 3 is 2.49 bits per heavy atom. The molecule has 3 aromatic rings. The zero-order valence-corrected chi connectivity index (χ0v) is 20.9. The van der Waals surface area contributed by atoms with Gasteiger partial charge in [0.1, 0.15) is 5.75 Å². The fraction of sp³-hybridized carbons (Fsp3) is 0.379. The maximum absolute atomic E-state index is 13.7. The SMILES string of the molecule is CCCC(=O)Oc1ccc(C(C(=O)Nc2ccc3cnccc3c2)C(N)C(C(=O)O)C2CCCC2)cc1. The molecule has 1 aliphatic rings. The minimum atomic E-state index is -0.986. The number of aliphatic carboxylic acids is 1. The summed E-state index contributed by atoms with van der Waals surface area (Å²) < 4.78 is 5.34. The Morgan fingerprint density at radius 1 is 1.08 bits per heavy atom. The summed E-state index contributed by atoms with van der Waals surface area (Å²) in [6.07, 6.45) is 7.89. The van der Waals surface area contributed by atoms with Crippen LogP contribution in [0.25, 0.3) is 10.8 Å². The number of aromatic nitrogens is 1. The van der Waals surface area contributed by atoms with Crippen molar-refractivity contribution in [2.24, 2.45) is 17.6 Å². The highest BCUT2D eigenvalue weighted by Gasteiger charge is 2.42. The molecule has 1 fully saturated rings. The molecule has 0 spiro atoms. The van der Waals surface area contributed by atoms with Crippen LogP contribution in [0.2, 0.25) is 0 Å². The lowest BCUT2D eigenvalue weighted by Crippen LogP contribution is -2.47. The maximum Gasteiger partial charge on any atom is 0.311 e. The molecule has 3 atom stereocenters. The molecule has 8 heteroatoms. The van der Waals surface area contributed by atoms with E-state index in [1.165, 1.54) is 0 Å². The standard InChI is InChI=1S/C29H33N3O5/c1-2-5-24(33)37-23-12-9-19(10-13-23)25(27(30)26(29(35)36)18-6-3-4-7-18)28(34)32-22-11-8-21-17-31-15-14-20(21)16-22/h8-18,25-27H,2-7,30H2,1H3,(H,32,34)(H,35,36). The largest absolute Gasteiger partial charge is 0.481 e. The van der Waals surface area contributed by atoms with E-state index in [9.17, 15) is 19.5 Å². The molecule has 8 nitrogen and oxygen atoms in total. The van der Waals surface area contributed by atoms with Crippen molar-refractivity contribution in [2.45, 2.75) is 57.4 Å². The predicted molar refractivity (Wildman–Crippen MR) is 141 cm³/mol. The number of nitrogens with two attached hydrogens (primary N) is 1. The quantitative estimate of drug-likeness (QED) is 0.265. The summed E-state index contributed by atoms with van der Waals surface area (Å²) >= 11 is 0. The van der Waals surface area contributed by atoms with Gasteiger partial charge in [0.25, 0.3) is 0 Å². The summed E-state index contributed by atoms with van der Waals surface area (Å²) in [6, 6.07) is 13.0. The zero-order chi connectivity index (χ0) is 26.4. The van der Waals surface area contributed by atoms with Crippen molar-refractivity contribution in [3.05, 3.63) is 66.5 Å². The van der Waals surface area contributed by atoms with Crippen LogP contribution in [0.15, 0.2) is 60.9 Å². The van der Waals surface area contributed by atoms with Gasteiger partial charge in [-0.1, -0.05) is 38.0 Å². The summed E-state index contributed by atoms with van der Waals surface area (Å²) in [5.41, 5.74) is 7.79. The Labute approximate surface area is 216 Å². The average molecular weight is 504 g/mol. The molecular weight excluding hydrogens is 470 g/mol. The van der Waals surface area contributed by atoms with Crippen molar-refractivity contribution in [3.8, 4) is 5.75 Å². The minimum Gasteiger partial charge on any atom is -0.481 e. The fourth-order valence-electron chi connectivity index (χ4n) is 5.26. The number of nitrogens with zero attached hydrogens (tertiary/aromatic N) is 1. The fourth-order valence-corrected chi connectivity index (χ4v) is 5.26. The first-order valence-corrected chi connectivity index (χ1v) is 12.8. The van der Waals surface area contributed by atoms with E-state index in [0.717, 1.165) is 36.5 Å². The first kappa shape index (κ1) is 26.3. The van der Waals surface area contributed by atoms with Crippen LogP contribution in [0.1, 0.15) is 56.9 Å². The van der Waals surface area contributed by atoms with E-state index < -0.39 is 23.8 Å². The van der Waals surface area contributed by atoms with Gasteiger partial charge < -0.3 is 20.9 Å². The Morgan fingerprint density at radius 2 is 1.81 bits per heavy atom. The molecule has 4 N–H and O–H groups in total. The number of rotatable bonds is 10. The van der Waals surface area contributed by atoms with Gasteiger partial charge in [0.15, 0.2) is 0 Å². The second kappa shape index (κ2) is 12.0. The van der Waals surface area contributed by atoms with Gasteiger partial charge in [0, 0.05) is 35.9 Å². The van der Waals surface area contributed by atoms with Crippen molar-refractivity contribution in [3.63, 3.8) is 0 Å². The lowest BCUT2D eigenvalue weighted by atomic mass is 9.76. The Bertz CT molecular complexity index is 1250. The smallest absolute Gasteiger partial charge is 0.311 e. The van der Waals surface area contributed by atoms with Crippen molar-refractivity contribution in [2.75, 3.05) is 5.32 Å². The average Bonchev–Trinajstić information content (AvgIpc) is 3.39. The number of hydrogen-bond acceptors (Lipinski definition) is 6. The van der Waals surface area contributed by atoms with Gasteiger partial charge in [-0.3, -0.25) is 19.4 Å². The number of amides is 1. The van der Waals surface area contributed by atoms with Crippen LogP contribution < -0.4 is 15.8 Å². The summed E-state index contributed by atoms with van der Waals surface area (Å²) in [4.78, 5) is 42.0. The molecule has 3 unspecified atom stereocenters. The van der Waals surface area contributed by atoms with Crippen LogP contribution >= 0.6 is 0 Å². The third kappa shape index (κ3) is 6.32. The summed E-state index contributed by atoms with van der Waals surface area (Å²) in [7, 11) is 0. The van der Waals surface area contributed by atoms with Gasteiger partial charge in [0.2, 0.25) is 5.91 Å². The maximum atomic E-state index is 13.7. The van der Waals surface area contributed by atoms with Crippen molar-refractivity contribution < 1.29 is 24.2 Å². The summed E-state index contributed by atoms with van der Waals surface area (Å²) in [5, 5.41) is 14.9. The molecule has 0 saturated heterocycles. The Hall–Kier alpha value is -3.78. The van der Waals surface area contributed by atoms with E-state index >= 15 is 0 Å². The van der Waals surface area contributed by atoms with Crippen LogP contribution in [0, 0.1) is 11.8 Å². The molecule has 1 aliphatic carbocycles. The van der Waals surface area contributed by atoms with E-state index in [1.54, 1.807) is 42.7 Å². The van der Waals surface area contributed by atoms with E-state index in [1.807, 2.05) is 25.1 Å². The number of fused-ring (bicyclic) bond motifs is 1. The second-order valence-electron chi connectivity index (χ2n) is 9.68. The normalized spacial score (nSPS) is 16.2. The van der Waals surface area contributed by atoms with Gasteiger partial charge in [-0.2, -0.15) is 0 Å². The number of nitrogens with one attached hydrogen (secondary N) is 1. The molecular formula is C29H33N3O5. The molecule has 194 valence electrons. The first-order chi connectivity index (χ1) is 17.9. The molecule has 0 aliphatic heterocycles. The van der Waals surface area contributed by atoms with Gasteiger partial charge in [0.05, 0.1) is 11.8 Å². The van der Waals surface area contributed by atoms with E-state index in [4.69, 9.17) is 10.5 Å². The number of carbonyl (C=O) groups excluding carboxylic acids is 2. The minimum absolute atomic E-state index is 0.0785. The van der Waals surface area contributed by atoms with Gasteiger partial charge in [-0.15, -0.1) is 0 Å². The molecule has 0 bridgehead atoms. The van der Waals surface area contributed by atoms with Crippen molar-refractivity contribution >= 4 is 34.3 Å². The highest BCUT2D eigenvalue weighted by Crippen LogP contribution is 2.37. The predicted octanol–water partition coefficient (Wildman–Crippen LogP) is 4.88. The second-order valence-corrected chi connectivity index (χ2v) is 9.68. The molecule has 1 aromatic heterocycles. The van der Waals surface area contributed by atoms with Crippen LogP contribution in [0.5, 0.6) is 5.75 Å². The molecule has 1 saturated carbocycles.